The summed E-state index contributed by atoms with van der Waals surface area (Å²) in [5, 5.41) is 10.2. The second-order valence-electron chi connectivity index (χ2n) is 4.30. The van der Waals surface area contributed by atoms with E-state index in [0.717, 1.165) is 13.1 Å². The fourth-order valence-electron chi connectivity index (χ4n) is 1.84. The number of carbonyl (C=O) groups is 1. The molecular weight excluding hydrogens is 206 g/mol. The summed E-state index contributed by atoms with van der Waals surface area (Å²) in [4.78, 5) is 15.7. The number of carbonyl (C=O) groups excluding carboxylic acids is 1. The number of aromatic nitrogens is 3. The highest BCUT2D eigenvalue weighted by Gasteiger charge is 2.26. The Hall–Kier alpha value is -1.43. The minimum atomic E-state index is -0.310. The van der Waals surface area contributed by atoms with Gasteiger partial charge in [-0.2, -0.15) is 5.10 Å². The van der Waals surface area contributed by atoms with Crippen molar-refractivity contribution >= 4 is 5.91 Å². The van der Waals surface area contributed by atoms with E-state index in [1.54, 1.807) is 11.0 Å². The van der Waals surface area contributed by atoms with Crippen molar-refractivity contribution in [2.75, 3.05) is 13.1 Å². The van der Waals surface area contributed by atoms with Gasteiger partial charge in [0.25, 0.3) is 0 Å². The monoisotopic (exact) mass is 223 g/mol. The molecule has 0 radical (unpaired) electrons. The molecule has 2 N–H and O–H groups in total. The van der Waals surface area contributed by atoms with Crippen molar-refractivity contribution in [1.82, 2.24) is 25.4 Å². The van der Waals surface area contributed by atoms with Gasteiger partial charge in [-0.05, 0) is 19.4 Å². The van der Waals surface area contributed by atoms with E-state index in [1.807, 2.05) is 6.92 Å². The molecule has 1 aliphatic heterocycles. The zero-order valence-electron chi connectivity index (χ0n) is 9.55. The summed E-state index contributed by atoms with van der Waals surface area (Å²) >= 11 is 0. The Morgan fingerprint density at radius 2 is 2.44 bits per heavy atom. The molecule has 16 heavy (non-hydrogen) atoms. The molecule has 1 aliphatic rings. The van der Waals surface area contributed by atoms with Crippen molar-refractivity contribution < 1.29 is 4.79 Å². The van der Waals surface area contributed by atoms with E-state index in [9.17, 15) is 4.79 Å². The Bertz CT molecular complexity index is 350. The van der Waals surface area contributed by atoms with Gasteiger partial charge >= 0.3 is 0 Å². The van der Waals surface area contributed by atoms with Crippen LogP contribution in [0.2, 0.25) is 0 Å². The van der Waals surface area contributed by atoms with E-state index in [0.29, 0.717) is 5.92 Å². The molecule has 2 rings (SSSR count). The Kier molecular flexibility index (Phi) is 3.19. The molecular formula is C10H17N5O. The van der Waals surface area contributed by atoms with Crippen LogP contribution in [0.3, 0.4) is 0 Å². The van der Waals surface area contributed by atoms with Crippen molar-refractivity contribution in [3.8, 4) is 0 Å². The maximum Gasteiger partial charge on any atom is 0.244 e. The number of nitrogens with zero attached hydrogens (tertiary/aromatic N) is 3. The van der Waals surface area contributed by atoms with E-state index in [1.165, 1.54) is 6.33 Å². The minimum absolute atomic E-state index is 0.00829. The smallest absolute Gasteiger partial charge is 0.244 e. The lowest BCUT2D eigenvalue weighted by Gasteiger charge is -2.19. The quantitative estimate of drug-likeness (QED) is 0.729. The highest BCUT2D eigenvalue weighted by molar-refractivity contribution is 5.80. The lowest BCUT2D eigenvalue weighted by atomic mass is 10.1. The van der Waals surface area contributed by atoms with Crippen molar-refractivity contribution in [2.45, 2.75) is 25.9 Å². The van der Waals surface area contributed by atoms with E-state index < -0.39 is 0 Å². The normalized spacial score (nSPS) is 26.6. The van der Waals surface area contributed by atoms with Gasteiger partial charge in [-0.25, -0.2) is 9.67 Å². The number of nitrogens with one attached hydrogen (secondary N) is 2. The van der Waals surface area contributed by atoms with Gasteiger partial charge in [0.1, 0.15) is 18.7 Å². The first kappa shape index (κ1) is 11.1. The van der Waals surface area contributed by atoms with Gasteiger partial charge in [0.15, 0.2) is 0 Å². The molecule has 0 aliphatic carbocycles. The predicted octanol–water partition coefficient (Wildman–Crippen LogP) is -0.437. The van der Waals surface area contributed by atoms with E-state index in [-0.39, 0.29) is 18.0 Å². The second kappa shape index (κ2) is 4.61. The first-order chi connectivity index (χ1) is 7.68. The summed E-state index contributed by atoms with van der Waals surface area (Å²) in [5.41, 5.74) is 0. The first-order valence-corrected chi connectivity index (χ1v) is 5.53. The van der Waals surface area contributed by atoms with Crippen LogP contribution in [0.15, 0.2) is 12.7 Å². The summed E-state index contributed by atoms with van der Waals surface area (Å²) in [6, 6.07) is -0.0891. The third kappa shape index (κ3) is 2.21. The Balaban J connectivity index is 1.93. The average molecular weight is 223 g/mol. The maximum absolute atomic E-state index is 11.9. The molecule has 0 spiro atoms. The van der Waals surface area contributed by atoms with Gasteiger partial charge in [0.2, 0.25) is 5.91 Å². The Labute approximate surface area is 94.4 Å². The molecule has 1 aromatic rings. The molecule has 3 unspecified atom stereocenters. The van der Waals surface area contributed by atoms with Crippen molar-refractivity contribution in [3.63, 3.8) is 0 Å². The highest BCUT2D eigenvalue weighted by atomic mass is 16.2. The molecule has 1 amide bonds. The van der Waals surface area contributed by atoms with Crippen LogP contribution in [-0.4, -0.2) is 39.8 Å². The van der Waals surface area contributed by atoms with Crippen LogP contribution in [0, 0.1) is 5.92 Å². The van der Waals surface area contributed by atoms with Gasteiger partial charge in [-0.15, -0.1) is 0 Å². The lowest BCUT2D eigenvalue weighted by Crippen LogP contribution is -2.42. The summed E-state index contributed by atoms with van der Waals surface area (Å²) in [5.74, 6) is 0.470. The third-order valence-electron chi connectivity index (χ3n) is 3.06. The molecule has 2 heterocycles. The number of hydrogen-bond acceptors (Lipinski definition) is 4. The van der Waals surface area contributed by atoms with Gasteiger partial charge in [-0.3, -0.25) is 4.79 Å². The Morgan fingerprint density at radius 3 is 3.00 bits per heavy atom. The molecule has 0 saturated carbocycles. The van der Waals surface area contributed by atoms with E-state index >= 15 is 0 Å². The van der Waals surface area contributed by atoms with Crippen LogP contribution < -0.4 is 10.6 Å². The van der Waals surface area contributed by atoms with Crippen molar-refractivity contribution in [3.05, 3.63) is 12.7 Å². The molecule has 1 aromatic heterocycles. The number of amides is 1. The molecule has 0 bridgehead atoms. The summed E-state index contributed by atoms with van der Waals surface area (Å²) in [6.45, 7) is 5.75. The van der Waals surface area contributed by atoms with Gasteiger partial charge in [-0.1, -0.05) is 6.92 Å². The van der Waals surface area contributed by atoms with Crippen molar-refractivity contribution in [2.24, 2.45) is 5.92 Å². The zero-order valence-corrected chi connectivity index (χ0v) is 9.55. The fourth-order valence-corrected chi connectivity index (χ4v) is 1.84. The van der Waals surface area contributed by atoms with Crippen LogP contribution in [-0.2, 0) is 4.79 Å². The van der Waals surface area contributed by atoms with Crippen LogP contribution in [0.1, 0.15) is 19.9 Å². The van der Waals surface area contributed by atoms with E-state index in [4.69, 9.17) is 0 Å². The van der Waals surface area contributed by atoms with Crippen LogP contribution in [0.25, 0.3) is 0 Å². The molecule has 1 saturated heterocycles. The lowest BCUT2D eigenvalue weighted by molar-refractivity contribution is -0.125. The Morgan fingerprint density at radius 1 is 1.62 bits per heavy atom. The van der Waals surface area contributed by atoms with Crippen molar-refractivity contribution in [1.29, 1.82) is 0 Å². The minimum Gasteiger partial charge on any atom is -0.350 e. The van der Waals surface area contributed by atoms with Crippen LogP contribution in [0.5, 0.6) is 0 Å². The highest BCUT2D eigenvalue weighted by Crippen LogP contribution is 2.09. The first-order valence-electron chi connectivity index (χ1n) is 5.53. The molecule has 88 valence electrons. The number of hydrogen-bond donors (Lipinski definition) is 2. The maximum atomic E-state index is 11.9. The van der Waals surface area contributed by atoms with Crippen LogP contribution in [0.4, 0.5) is 0 Å². The largest absolute Gasteiger partial charge is 0.350 e. The van der Waals surface area contributed by atoms with Crippen LogP contribution >= 0.6 is 0 Å². The topological polar surface area (TPSA) is 71.8 Å². The zero-order chi connectivity index (χ0) is 11.5. The van der Waals surface area contributed by atoms with Gasteiger partial charge in [0, 0.05) is 12.6 Å². The number of rotatable bonds is 3. The summed E-state index contributed by atoms with van der Waals surface area (Å²) in [6.07, 6.45) is 2.99. The molecule has 3 atom stereocenters. The molecule has 1 fully saturated rings. The summed E-state index contributed by atoms with van der Waals surface area (Å²) < 4.78 is 1.56. The van der Waals surface area contributed by atoms with E-state index in [2.05, 4.69) is 27.6 Å². The molecule has 6 nitrogen and oxygen atoms in total. The molecule has 6 heteroatoms. The fraction of sp³-hybridized carbons (Fsp3) is 0.700. The van der Waals surface area contributed by atoms with Gasteiger partial charge < -0.3 is 10.6 Å². The SMILES string of the molecule is CC1CNCC1NC(=O)C(C)n1cncn1. The predicted molar refractivity (Wildman–Crippen MR) is 58.7 cm³/mol. The third-order valence-corrected chi connectivity index (χ3v) is 3.06. The summed E-state index contributed by atoms with van der Waals surface area (Å²) in [7, 11) is 0. The average Bonchev–Trinajstić information content (AvgIpc) is 2.89. The van der Waals surface area contributed by atoms with Gasteiger partial charge in [0.05, 0.1) is 0 Å². The second-order valence-corrected chi connectivity index (χ2v) is 4.30. The standard InChI is InChI=1S/C10H17N5O/c1-7-3-11-4-9(7)14-10(16)8(2)15-6-12-5-13-15/h5-9,11H,3-4H2,1-2H3,(H,14,16). The molecule has 0 aromatic carbocycles.